The highest BCUT2D eigenvalue weighted by atomic mass is 32.1. The number of carbonyl (C=O) groups is 2. The van der Waals surface area contributed by atoms with Gasteiger partial charge in [0, 0.05) is 17.0 Å². The number of nitrogens with zero attached hydrogens (tertiary/aromatic N) is 2. The second-order valence-corrected chi connectivity index (χ2v) is 7.37. The van der Waals surface area contributed by atoms with E-state index in [1.165, 1.54) is 11.3 Å². The Labute approximate surface area is 145 Å². The fourth-order valence-electron chi connectivity index (χ4n) is 1.97. The molecule has 0 aliphatic heterocycles. The van der Waals surface area contributed by atoms with Crippen LogP contribution in [0.3, 0.4) is 0 Å². The molecule has 2 rings (SSSR count). The Morgan fingerprint density at radius 2 is 2.04 bits per heavy atom. The van der Waals surface area contributed by atoms with Crippen molar-refractivity contribution in [2.24, 2.45) is 0 Å². The number of hydrogen-bond donors (Lipinski definition) is 2. The van der Waals surface area contributed by atoms with Crippen molar-refractivity contribution >= 4 is 23.2 Å². The number of pyridine rings is 1. The minimum atomic E-state index is -0.345. The normalized spacial score (nSPS) is 12.5. The molecule has 0 bridgehead atoms. The highest BCUT2D eigenvalue weighted by Gasteiger charge is 2.20. The van der Waals surface area contributed by atoms with Gasteiger partial charge in [0.2, 0.25) is 5.91 Å². The van der Waals surface area contributed by atoms with Gasteiger partial charge in [-0.15, -0.1) is 11.3 Å². The van der Waals surface area contributed by atoms with E-state index in [1.54, 1.807) is 11.6 Å². The monoisotopic (exact) mass is 346 g/mol. The first-order chi connectivity index (χ1) is 11.3. The summed E-state index contributed by atoms with van der Waals surface area (Å²) in [5.41, 5.74) is 1.01. The Hall–Kier alpha value is -2.28. The molecule has 7 heteroatoms. The van der Waals surface area contributed by atoms with E-state index in [9.17, 15) is 9.59 Å². The number of carbonyl (C=O) groups excluding carboxylic acids is 2. The Bertz CT molecular complexity index is 707. The molecule has 0 saturated heterocycles. The number of aromatic nitrogens is 2. The van der Waals surface area contributed by atoms with Crippen LogP contribution in [0.5, 0.6) is 0 Å². The van der Waals surface area contributed by atoms with Crippen molar-refractivity contribution in [3.8, 4) is 0 Å². The third-order valence-corrected chi connectivity index (χ3v) is 4.56. The number of hydrogen-bond acceptors (Lipinski definition) is 5. The Morgan fingerprint density at radius 3 is 2.62 bits per heavy atom. The van der Waals surface area contributed by atoms with Crippen molar-refractivity contribution < 1.29 is 9.59 Å². The van der Waals surface area contributed by atoms with Gasteiger partial charge in [-0.05, 0) is 19.1 Å². The summed E-state index contributed by atoms with van der Waals surface area (Å²) in [6.45, 7) is 7.87. The van der Waals surface area contributed by atoms with E-state index in [1.807, 2.05) is 45.9 Å². The van der Waals surface area contributed by atoms with Gasteiger partial charge in [-0.25, -0.2) is 4.98 Å². The van der Waals surface area contributed by atoms with Crippen LogP contribution in [0.2, 0.25) is 0 Å². The highest BCUT2D eigenvalue weighted by Crippen LogP contribution is 2.25. The molecule has 2 aromatic rings. The smallest absolute Gasteiger partial charge is 0.271 e. The van der Waals surface area contributed by atoms with Gasteiger partial charge < -0.3 is 10.6 Å². The standard InChI is InChI=1S/C17H22N4O2S/c1-11(12-7-5-6-8-18-12)20-14(22)9-19-15(23)13-10-24-16(21-13)17(2,3)4/h5-8,10-11H,9H2,1-4H3,(H,19,23)(H,20,22). The van der Waals surface area contributed by atoms with E-state index < -0.39 is 0 Å². The van der Waals surface area contributed by atoms with Crippen LogP contribution in [-0.4, -0.2) is 28.3 Å². The van der Waals surface area contributed by atoms with Crippen LogP contribution in [-0.2, 0) is 10.2 Å². The van der Waals surface area contributed by atoms with Gasteiger partial charge in [0.05, 0.1) is 23.3 Å². The zero-order valence-corrected chi connectivity index (χ0v) is 15.1. The lowest BCUT2D eigenvalue weighted by molar-refractivity contribution is -0.120. The second-order valence-electron chi connectivity index (χ2n) is 6.51. The summed E-state index contributed by atoms with van der Waals surface area (Å²) in [4.78, 5) is 32.6. The van der Waals surface area contributed by atoms with Gasteiger partial charge in [0.1, 0.15) is 5.69 Å². The molecule has 0 saturated carbocycles. The fourth-order valence-corrected chi connectivity index (χ4v) is 2.86. The third kappa shape index (κ3) is 4.86. The van der Waals surface area contributed by atoms with Crippen molar-refractivity contribution in [2.45, 2.75) is 39.2 Å². The molecule has 2 aromatic heterocycles. The molecule has 2 N–H and O–H groups in total. The molecule has 0 spiro atoms. The molecule has 0 aromatic carbocycles. The first kappa shape index (κ1) is 18.1. The van der Waals surface area contributed by atoms with Crippen molar-refractivity contribution in [2.75, 3.05) is 6.54 Å². The zero-order chi connectivity index (χ0) is 17.7. The minimum absolute atomic E-state index is 0.0985. The molecule has 0 aliphatic rings. The molecule has 0 aliphatic carbocycles. The summed E-state index contributed by atoms with van der Waals surface area (Å²) in [5, 5.41) is 7.99. The van der Waals surface area contributed by atoms with Gasteiger partial charge in [0.15, 0.2) is 0 Å². The number of rotatable bonds is 5. The first-order valence-corrected chi connectivity index (χ1v) is 8.60. The van der Waals surface area contributed by atoms with E-state index in [2.05, 4.69) is 20.6 Å². The molecule has 0 fully saturated rings. The van der Waals surface area contributed by atoms with Crippen LogP contribution in [0.15, 0.2) is 29.8 Å². The number of nitrogens with one attached hydrogen (secondary N) is 2. The fraction of sp³-hybridized carbons (Fsp3) is 0.412. The van der Waals surface area contributed by atoms with E-state index in [0.717, 1.165) is 10.7 Å². The van der Waals surface area contributed by atoms with Crippen LogP contribution in [0.1, 0.15) is 54.9 Å². The average Bonchev–Trinajstić information content (AvgIpc) is 3.03. The number of amides is 2. The minimum Gasteiger partial charge on any atom is -0.346 e. The van der Waals surface area contributed by atoms with Crippen molar-refractivity contribution in [3.63, 3.8) is 0 Å². The van der Waals surface area contributed by atoms with Crippen LogP contribution < -0.4 is 10.6 Å². The summed E-state index contributed by atoms with van der Waals surface area (Å²) < 4.78 is 0. The molecule has 1 unspecified atom stereocenters. The van der Waals surface area contributed by atoms with Crippen LogP contribution in [0.25, 0.3) is 0 Å². The van der Waals surface area contributed by atoms with Gasteiger partial charge in [-0.2, -0.15) is 0 Å². The van der Waals surface area contributed by atoms with E-state index in [0.29, 0.717) is 5.69 Å². The van der Waals surface area contributed by atoms with Crippen molar-refractivity contribution in [1.82, 2.24) is 20.6 Å². The highest BCUT2D eigenvalue weighted by molar-refractivity contribution is 7.10. The van der Waals surface area contributed by atoms with E-state index in [4.69, 9.17) is 0 Å². The van der Waals surface area contributed by atoms with Gasteiger partial charge >= 0.3 is 0 Å². The maximum atomic E-state index is 12.1. The third-order valence-electron chi connectivity index (χ3n) is 3.30. The Balaban J connectivity index is 1.85. The summed E-state index contributed by atoms with van der Waals surface area (Å²) in [5.74, 6) is -0.616. The topological polar surface area (TPSA) is 84.0 Å². The SMILES string of the molecule is CC(NC(=O)CNC(=O)c1csc(C(C)(C)C)n1)c1ccccn1. The molecule has 24 heavy (non-hydrogen) atoms. The van der Waals surface area contributed by atoms with E-state index >= 15 is 0 Å². The molecular formula is C17H22N4O2S. The second kappa shape index (κ2) is 7.53. The first-order valence-electron chi connectivity index (χ1n) is 7.72. The molecule has 0 radical (unpaired) electrons. The Kier molecular flexibility index (Phi) is 5.66. The largest absolute Gasteiger partial charge is 0.346 e. The van der Waals surface area contributed by atoms with Gasteiger partial charge in [0.25, 0.3) is 5.91 Å². The van der Waals surface area contributed by atoms with Gasteiger partial charge in [-0.1, -0.05) is 26.8 Å². The average molecular weight is 346 g/mol. The lowest BCUT2D eigenvalue weighted by Crippen LogP contribution is -2.38. The molecule has 1 atom stereocenters. The van der Waals surface area contributed by atoms with Crippen LogP contribution >= 0.6 is 11.3 Å². The van der Waals surface area contributed by atoms with Crippen LogP contribution in [0.4, 0.5) is 0 Å². The summed E-state index contributed by atoms with van der Waals surface area (Å²) in [7, 11) is 0. The summed E-state index contributed by atoms with van der Waals surface area (Å²) >= 11 is 1.45. The van der Waals surface area contributed by atoms with Crippen LogP contribution in [0, 0.1) is 0 Å². The lowest BCUT2D eigenvalue weighted by atomic mass is 9.98. The summed E-state index contributed by atoms with van der Waals surface area (Å²) in [6, 6.07) is 5.30. The summed E-state index contributed by atoms with van der Waals surface area (Å²) in [6.07, 6.45) is 1.68. The molecular weight excluding hydrogens is 324 g/mol. The number of thiazole rings is 1. The molecule has 2 amide bonds. The maximum Gasteiger partial charge on any atom is 0.271 e. The molecule has 6 nitrogen and oxygen atoms in total. The lowest BCUT2D eigenvalue weighted by Gasteiger charge is -2.14. The Morgan fingerprint density at radius 1 is 1.29 bits per heavy atom. The van der Waals surface area contributed by atoms with Crippen molar-refractivity contribution in [1.29, 1.82) is 0 Å². The predicted octanol–water partition coefficient (Wildman–Crippen LogP) is 2.44. The maximum absolute atomic E-state index is 12.1. The predicted molar refractivity (Wildman–Crippen MR) is 93.9 cm³/mol. The van der Waals surface area contributed by atoms with Gasteiger partial charge in [-0.3, -0.25) is 14.6 Å². The van der Waals surface area contributed by atoms with E-state index in [-0.39, 0.29) is 29.8 Å². The molecule has 2 heterocycles. The molecule has 128 valence electrons. The zero-order valence-electron chi connectivity index (χ0n) is 14.3. The van der Waals surface area contributed by atoms with Crippen molar-refractivity contribution in [3.05, 3.63) is 46.2 Å². The quantitative estimate of drug-likeness (QED) is 0.871.